The Morgan fingerprint density at radius 3 is 1.75 bits per heavy atom. The number of imidazole rings is 2. The first-order valence-corrected chi connectivity index (χ1v) is 24.0. The molecule has 68 heavy (non-hydrogen) atoms. The number of likely N-dealkylation sites (tertiary alicyclic amines) is 2. The molecular weight excluding hydrogens is 859 g/mol. The van der Waals surface area contributed by atoms with Crippen molar-refractivity contribution < 1.29 is 29.0 Å². The number of H-pyrrole nitrogens is 2. The number of alkyl carbamates (subject to hydrolysis) is 1. The van der Waals surface area contributed by atoms with E-state index in [9.17, 15) is 24.3 Å². The molecular formula is C53H67N9O6. The number of nitrogens with zero attached hydrogens (tertiary/aromatic N) is 6. The number of hydrogen-bond donors (Lipinski definition) is 4. The molecule has 15 heteroatoms. The lowest BCUT2D eigenvalue weighted by atomic mass is 9.67. The number of amides is 4. The Morgan fingerprint density at radius 1 is 0.779 bits per heavy atom. The maximum atomic E-state index is 13.9. The highest BCUT2D eigenvalue weighted by Crippen LogP contribution is 2.45. The molecule has 0 spiro atoms. The number of rotatable bonds is 13. The number of nitrogens with one attached hydrogen (secondary N) is 3. The quantitative estimate of drug-likeness (QED) is 0.0897. The molecule has 3 fully saturated rings. The molecule has 3 aliphatic rings. The van der Waals surface area contributed by atoms with Crippen LogP contribution in [0.3, 0.4) is 0 Å². The fourth-order valence-corrected chi connectivity index (χ4v) is 10.5. The molecule has 5 aromatic rings. The first kappa shape index (κ1) is 47.8. The highest BCUT2D eigenvalue weighted by molar-refractivity contribution is 5.87. The predicted molar refractivity (Wildman–Crippen MR) is 262 cm³/mol. The second-order valence-corrected chi connectivity index (χ2v) is 20.6. The van der Waals surface area contributed by atoms with E-state index < -0.39 is 24.3 Å². The van der Waals surface area contributed by atoms with Crippen LogP contribution in [0.25, 0.3) is 22.5 Å². The van der Waals surface area contributed by atoms with E-state index in [-0.39, 0.29) is 46.6 Å². The van der Waals surface area contributed by atoms with Crippen molar-refractivity contribution in [1.82, 2.24) is 40.0 Å². The molecule has 3 aliphatic heterocycles. The van der Waals surface area contributed by atoms with E-state index in [1.807, 2.05) is 45.0 Å². The van der Waals surface area contributed by atoms with Gasteiger partial charge in [-0.3, -0.25) is 14.5 Å². The summed E-state index contributed by atoms with van der Waals surface area (Å²) >= 11 is 0. The number of benzene rings is 3. The third-order valence-electron chi connectivity index (χ3n) is 14.4. The fraction of sp³-hybridized carbons (Fsp3) is 0.472. The minimum atomic E-state index is -1.13. The van der Waals surface area contributed by atoms with Crippen molar-refractivity contribution in [2.24, 2.45) is 11.8 Å². The normalized spacial score (nSPS) is 19.0. The summed E-state index contributed by atoms with van der Waals surface area (Å²) in [5.41, 5.74) is 8.07. The zero-order valence-corrected chi connectivity index (χ0v) is 40.9. The van der Waals surface area contributed by atoms with Crippen molar-refractivity contribution in [2.75, 3.05) is 45.2 Å². The van der Waals surface area contributed by atoms with E-state index in [0.29, 0.717) is 24.7 Å². The van der Waals surface area contributed by atoms with E-state index in [1.54, 1.807) is 4.90 Å². The smallest absolute Gasteiger partial charge is 0.407 e. The molecule has 8 rings (SSSR count). The van der Waals surface area contributed by atoms with Gasteiger partial charge in [0.2, 0.25) is 11.8 Å². The minimum absolute atomic E-state index is 0.0418. The Hall–Kier alpha value is -6.64. The van der Waals surface area contributed by atoms with Gasteiger partial charge in [-0.15, -0.1) is 0 Å². The van der Waals surface area contributed by atoms with Crippen LogP contribution < -0.4 is 10.2 Å². The average molecular weight is 926 g/mol. The summed E-state index contributed by atoms with van der Waals surface area (Å²) in [5, 5.41) is 12.5. The van der Waals surface area contributed by atoms with Gasteiger partial charge in [0.25, 0.3) is 0 Å². The summed E-state index contributed by atoms with van der Waals surface area (Å²) in [6.07, 6.45) is 5.03. The Balaban J connectivity index is 1.09. The van der Waals surface area contributed by atoms with Gasteiger partial charge in [0, 0.05) is 38.9 Å². The second kappa shape index (κ2) is 19.2. The number of hydrogen-bond acceptors (Lipinski definition) is 8. The fourth-order valence-electron chi connectivity index (χ4n) is 10.5. The van der Waals surface area contributed by atoms with Crippen molar-refractivity contribution in [3.05, 3.63) is 114 Å². The molecule has 3 saturated heterocycles. The van der Waals surface area contributed by atoms with Crippen LogP contribution in [0.2, 0.25) is 0 Å². The van der Waals surface area contributed by atoms with Crippen molar-refractivity contribution >= 4 is 29.7 Å². The van der Waals surface area contributed by atoms with E-state index in [1.165, 1.54) is 25.4 Å². The zero-order chi connectivity index (χ0) is 48.7. The molecule has 0 unspecified atom stereocenters. The Bertz CT molecular complexity index is 2620. The van der Waals surface area contributed by atoms with Gasteiger partial charge in [-0.25, -0.2) is 19.6 Å². The van der Waals surface area contributed by atoms with Gasteiger partial charge in [0.1, 0.15) is 23.7 Å². The van der Waals surface area contributed by atoms with Crippen molar-refractivity contribution in [3.8, 4) is 22.5 Å². The summed E-state index contributed by atoms with van der Waals surface area (Å²) in [5.74, 6) is 0.718. The molecule has 2 aromatic heterocycles. The van der Waals surface area contributed by atoms with Crippen LogP contribution >= 0.6 is 0 Å². The van der Waals surface area contributed by atoms with Crippen LogP contribution in [0.4, 0.5) is 15.3 Å². The first-order chi connectivity index (χ1) is 32.4. The first-order valence-electron chi connectivity index (χ1n) is 24.0. The third kappa shape index (κ3) is 9.31. The number of likely N-dealkylation sites (N-methyl/N-ethyl adjacent to an activating group) is 1. The lowest BCUT2D eigenvalue weighted by molar-refractivity contribution is -0.138. The molecule has 0 bridgehead atoms. The van der Waals surface area contributed by atoms with Crippen LogP contribution in [-0.2, 0) is 25.2 Å². The number of carbonyl (C=O) groups is 4. The summed E-state index contributed by atoms with van der Waals surface area (Å²) in [6.45, 7) is 16.8. The molecule has 0 saturated carbocycles. The molecule has 3 aromatic carbocycles. The summed E-state index contributed by atoms with van der Waals surface area (Å²) < 4.78 is 4.83. The number of anilines is 1. The van der Waals surface area contributed by atoms with Gasteiger partial charge in [-0.2, -0.15) is 0 Å². The SMILES string of the molecule is COC(=O)N[C@H](C(=O)N1CCC[C@H]1c1ncc(-c2cccc(C3(c4cccc(-c5cnc([C@@H]6CCCN6C(=O)[C@H](C(C)C)N(C)C(=O)O)[nH]5)c4)CN(c4ccc(C(C)(C)C)cc4)C3)c2)[nH]1)C(C)C. The van der Waals surface area contributed by atoms with Crippen molar-refractivity contribution in [2.45, 2.75) is 109 Å². The van der Waals surface area contributed by atoms with Crippen LogP contribution in [0.15, 0.2) is 85.2 Å². The van der Waals surface area contributed by atoms with Gasteiger partial charge in [-0.1, -0.05) is 97.0 Å². The Morgan fingerprint density at radius 2 is 1.29 bits per heavy atom. The second-order valence-electron chi connectivity index (χ2n) is 20.6. The number of ether oxygens (including phenoxy) is 1. The molecule has 5 heterocycles. The summed E-state index contributed by atoms with van der Waals surface area (Å²) in [7, 11) is 2.76. The van der Waals surface area contributed by atoms with Gasteiger partial charge in [-0.05, 0) is 95.0 Å². The number of aromatic nitrogens is 4. The van der Waals surface area contributed by atoms with Crippen LogP contribution in [0.5, 0.6) is 0 Å². The van der Waals surface area contributed by atoms with Crippen LogP contribution in [0, 0.1) is 11.8 Å². The minimum Gasteiger partial charge on any atom is -0.465 e. The summed E-state index contributed by atoms with van der Waals surface area (Å²) in [4.78, 5) is 75.9. The molecule has 15 nitrogen and oxygen atoms in total. The topological polar surface area (TPSA) is 180 Å². The van der Waals surface area contributed by atoms with E-state index in [0.717, 1.165) is 77.3 Å². The average Bonchev–Trinajstić information content (AvgIpc) is 4.15. The molecule has 360 valence electrons. The van der Waals surface area contributed by atoms with Crippen LogP contribution in [-0.4, -0.2) is 116 Å². The Kier molecular flexibility index (Phi) is 13.5. The van der Waals surface area contributed by atoms with E-state index in [4.69, 9.17) is 14.7 Å². The van der Waals surface area contributed by atoms with Gasteiger partial charge < -0.3 is 39.8 Å². The van der Waals surface area contributed by atoms with E-state index >= 15 is 0 Å². The monoisotopic (exact) mass is 926 g/mol. The lowest BCUT2D eigenvalue weighted by Gasteiger charge is -2.52. The lowest BCUT2D eigenvalue weighted by Crippen LogP contribution is -2.60. The predicted octanol–water partition coefficient (Wildman–Crippen LogP) is 8.91. The standard InChI is InChI=1S/C53H67N9O6/c1-32(2)44(58-50(65)68-9)48(63)61-24-12-18-42(61)46-54-28-40(56-46)34-14-10-16-37(26-34)53(30-60(31-53)39-22-20-36(21-23-39)52(5,6)7)38-17-11-15-35(27-38)41-29-55-47(57-41)43-19-13-25-62(43)49(64)45(33(3)4)59(8)51(66)67/h10-11,14-17,20-23,26-29,32-33,42-45H,12-13,18-19,24-25,30-31H2,1-9H3,(H,54,56)(H,55,57)(H,58,65)(H,66,67)/t42-,43-,44-,45-/m0/s1. The highest BCUT2D eigenvalue weighted by Gasteiger charge is 2.47. The molecule has 4 atom stereocenters. The molecule has 0 aliphatic carbocycles. The number of aromatic amines is 2. The maximum absolute atomic E-state index is 13.9. The highest BCUT2D eigenvalue weighted by atomic mass is 16.5. The van der Waals surface area contributed by atoms with Crippen molar-refractivity contribution in [3.63, 3.8) is 0 Å². The van der Waals surface area contributed by atoms with Gasteiger partial charge in [0.15, 0.2) is 0 Å². The van der Waals surface area contributed by atoms with Crippen molar-refractivity contribution in [1.29, 1.82) is 0 Å². The molecule has 4 N–H and O–H groups in total. The molecule has 0 radical (unpaired) electrons. The molecule has 4 amide bonds. The van der Waals surface area contributed by atoms with E-state index in [2.05, 4.69) is 114 Å². The third-order valence-corrected chi connectivity index (χ3v) is 14.4. The van der Waals surface area contributed by atoms with Gasteiger partial charge in [0.05, 0.1) is 48.4 Å². The maximum Gasteiger partial charge on any atom is 0.407 e. The van der Waals surface area contributed by atoms with Crippen LogP contribution in [0.1, 0.15) is 115 Å². The number of carboxylic acid groups (broad SMARTS) is 1. The van der Waals surface area contributed by atoms with Gasteiger partial charge >= 0.3 is 12.2 Å². The number of methoxy groups -OCH3 is 1. The number of carbonyl (C=O) groups excluding carboxylic acids is 3. The largest absolute Gasteiger partial charge is 0.465 e. The zero-order valence-electron chi connectivity index (χ0n) is 40.9. The summed E-state index contributed by atoms with van der Waals surface area (Å²) in [6, 6.07) is 24.1. The Labute approximate surface area is 399 Å².